The average molecular weight is 352 g/mol. The van der Waals surface area contributed by atoms with Gasteiger partial charge in [0.05, 0.1) is 0 Å². The van der Waals surface area contributed by atoms with Gasteiger partial charge in [-0.2, -0.15) is 0 Å². The molecule has 26 heavy (non-hydrogen) atoms. The van der Waals surface area contributed by atoms with Crippen LogP contribution in [0.5, 0.6) is 11.5 Å². The van der Waals surface area contributed by atoms with Crippen LogP contribution in [0, 0.1) is 0 Å². The first-order valence-electron chi connectivity index (χ1n) is 8.86. The zero-order valence-electron chi connectivity index (χ0n) is 14.7. The number of nitrogens with one attached hydrogen (secondary N) is 2. The maximum atomic E-state index is 11.6. The molecule has 5 nitrogen and oxygen atoms in total. The Morgan fingerprint density at radius 2 is 1.92 bits per heavy atom. The lowest BCUT2D eigenvalue weighted by atomic mass is 10.1. The topological polar surface area (TPSA) is 59.6 Å². The van der Waals surface area contributed by atoms with Gasteiger partial charge in [-0.15, -0.1) is 0 Å². The second-order valence-corrected chi connectivity index (χ2v) is 6.18. The van der Waals surface area contributed by atoms with Gasteiger partial charge in [-0.1, -0.05) is 30.8 Å². The molecule has 0 saturated carbocycles. The minimum Gasteiger partial charge on any atom is -0.490 e. The van der Waals surface area contributed by atoms with Crippen LogP contribution in [-0.2, 0) is 11.4 Å². The summed E-state index contributed by atoms with van der Waals surface area (Å²) in [5.41, 5.74) is 1.62. The van der Waals surface area contributed by atoms with Crippen molar-refractivity contribution in [1.82, 2.24) is 5.32 Å². The number of hydrogen-bond acceptors (Lipinski definition) is 4. The molecule has 1 aliphatic rings. The highest BCUT2D eigenvalue weighted by Gasteiger charge is 2.14. The van der Waals surface area contributed by atoms with Gasteiger partial charge in [0, 0.05) is 17.3 Å². The van der Waals surface area contributed by atoms with E-state index in [1.807, 2.05) is 48.5 Å². The number of anilines is 1. The summed E-state index contributed by atoms with van der Waals surface area (Å²) in [6.07, 6.45) is 3.53. The summed E-state index contributed by atoms with van der Waals surface area (Å²) in [6.45, 7) is 5.82. The third-order valence-electron chi connectivity index (χ3n) is 4.25. The first-order valence-corrected chi connectivity index (χ1v) is 8.86. The van der Waals surface area contributed by atoms with E-state index < -0.39 is 0 Å². The molecule has 5 heteroatoms. The number of piperidine rings is 1. The molecule has 0 atom stereocenters. The lowest BCUT2D eigenvalue weighted by Gasteiger charge is -2.24. The molecule has 136 valence electrons. The molecule has 1 fully saturated rings. The van der Waals surface area contributed by atoms with Gasteiger partial charge in [0.1, 0.15) is 24.2 Å². The van der Waals surface area contributed by atoms with Gasteiger partial charge in [0.15, 0.2) is 0 Å². The fourth-order valence-corrected chi connectivity index (χ4v) is 2.86. The molecular formula is C21H24N2O3. The summed E-state index contributed by atoms with van der Waals surface area (Å²) in [7, 11) is 0. The molecule has 0 aromatic heterocycles. The van der Waals surface area contributed by atoms with Crippen LogP contribution in [0.3, 0.4) is 0 Å². The van der Waals surface area contributed by atoms with Gasteiger partial charge in [-0.05, 0) is 50.2 Å². The van der Waals surface area contributed by atoms with Crippen molar-refractivity contribution in [2.45, 2.75) is 25.6 Å². The number of ether oxygens (including phenoxy) is 2. The molecule has 2 N–H and O–H groups in total. The maximum absolute atomic E-state index is 11.6. The second kappa shape index (κ2) is 9.06. The molecule has 0 aliphatic carbocycles. The molecule has 0 bridgehead atoms. The lowest BCUT2D eigenvalue weighted by Crippen LogP contribution is -2.34. The largest absolute Gasteiger partial charge is 0.490 e. The summed E-state index contributed by atoms with van der Waals surface area (Å²) in [5, 5.41) is 6.13. The Kier molecular flexibility index (Phi) is 6.28. The minimum atomic E-state index is -0.241. The Hall–Kier alpha value is -2.79. The molecule has 0 unspecified atom stereocenters. The van der Waals surface area contributed by atoms with Crippen molar-refractivity contribution in [1.29, 1.82) is 0 Å². The fourth-order valence-electron chi connectivity index (χ4n) is 2.86. The summed E-state index contributed by atoms with van der Waals surface area (Å²) < 4.78 is 12.0. The van der Waals surface area contributed by atoms with E-state index in [4.69, 9.17) is 9.47 Å². The van der Waals surface area contributed by atoms with E-state index in [1.165, 1.54) is 6.08 Å². The molecule has 1 heterocycles. The molecular weight excluding hydrogens is 328 g/mol. The number of rotatable bonds is 7. The Morgan fingerprint density at radius 1 is 1.15 bits per heavy atom. The number of hydrogen-bond donors (Lipinski definition) is 2. The van der Waals surface area contributed by atoms with Crippen LogP contribution < -0.4 is 20.1 Å². The van der Waals surface area contributed by atoms with Crippen molar-refractivity contribution in [3.63, 3.8) is 0 Å². The zero-order chi connectivity index (χ0) is 18.2. The quantitative estimate of drug-likeness (QED) is 0.749. The second-order valence-electron chi connectivity index (χ2n) is 6.18. The monoisotopic (exact) mass is 352 g/mol. The standard InChI is InChI=1S/C21H24N2O3/c1-2-21(24)23-20-9-4-3-6-16(20)15-25-18-7-5-8-19(14-18)26-17-10-12-22-13-11-17/h2-9,14,17,22H,1,10-13,15H2,(H,23,24). The van der Waals surface area contributed by atoms with Gasteiger partial charge < -0.3 is 20.1 Å². The number of benzene rings is 2. The van der Waals surface area contributed by atoms with E-state index in [9.17, 15) is 4.79 Å². The van der Waals surface area contributed by atoms with E-state index in [-0.39, 0.29) is 12.0 Å². The molecule has 3 rings (SSSR count). The molecule has 1 saturated heterocycles. The van der Waals surface area contributed by atoms with Crippen molar-refractivity contribution >= 4 is 11.6 Å². The molecule has 0 radical (unpaired) electrons. The average Bonchev–Trinajstić information content (AvgIpc) is 2.68. The third-order valence-corrected chi connectivity index (χ3v) is 4.25. The highest BCUT2D eigenvalue weighted by atomic mass is 16.5. The SMILES string of the molecule is C=CC(=O)Nc1ccccc1COc1cccc(OC2CCNCC2)c1. The number of amides is 1. The van der Waals surface area contributed by atoms with Crippen LogP contribution in [0.25, 0.3) is 0 Å². The minimum absolute atomic E-state index is 0.241. The van der Waals surface area contributed by atoms with Crippen LogP contribution in [0.2, 0.25) is 0 Å². The first-order chi connectivity index (χ1) is 12.7. The van der Waals surface area contributed by atoms with Gasteiger partial charge in [-0.3, -0.25) is 4.79 Å². The smallest absolute Gasteiger partial charge is 0.247 e. The third kappa shape index (κ3) is 5.10. The van der Waals surface area contributed by atoms with Crippen molar-refractivity contribution in [3.05, 3.63) is 66.7 Å². The van der Waals surface area contributed by atoms with E-state index in [2.05, 4.69) is 17.2 Å². The van der Waals surface area contributed by atoms with Crippen LogP contribution in [0.15, 0.2) is 61.2 Å². The van der Waals surface area contributed by atoms with Crippen LogP contribution in [0.4, 0.5) is 5.69 Å². The highest BCUT2D eigenvalue weighted by Crippen LogP contribution is 2.24. The predicted molar refractivity (Wildman–Crippen MR) is 103 cm³/mol. The summed E-state index contributed by atoms with van der Waals surface area (Å²) in [5.74, 6) is 1.32. The lowest BCUT2D eigenvalue weighted by molar-refractivity contribution is -0.111. The van der Waals surface area contributed by atoms with Crippen LogP contribution in [-0.4, -0.2) is 25.1 Å². The molecule has 2 aromatic carbocycles. The summed E-state index contributed by atoms with van der Waals surface area (Å²) in [6, 6.07) is 15.2. The predicted octanol–water partition coefficient (Wildman–Crippen LogP) is 3.52. The van der Waals surface area contributed by atoms with E-state index >= 15 is 0 Å². The molecule has 2 aromatic rings. The van der Waals surface area contributed by atoms with Gasteiger partial charge in [0.25, 0.3) is 0 Å². The molecule has 0 spiro atoms. The van der Waals surface area contributed by atoms with Crippen molar-refractivity contribution in [3.8, 4) is 11.5 Å². The van der Waals surface area contributed by atoms with Gasteiger partial charge in [0.2, 0.25) is 5.91 Å². The van der Waals surface area contributed by atoms with Crippen LogP contribution >= 0.6 is 0 Å². The Balaban J connectivity index is 1.62. The van der Waals surface area contributed by atoms with E-state index in [0.29, 0.717) is 6.61 Å². The number of para-hydroxylation sites is 1. The first kappa shape index (κ1) is 18.0. The summed E-state index contributed by atoms with van der Waals surface area (Å²) >= 11 is 0. The van der Waals surface area contributed by atoms with Gasteiger partial charge in [-0.25, -0.2) is 0 Å². The molecule has 1 aliphatic heterocycles. The van der Waals surface area contributed by atoms with Crippen LogP contribution in [0.1, 0.15) is 18.4 Å². The normalized spacial score (nSPS) is 14.5. The highest BCUT2D eigenvalue weighted by molar-refractivity contribution is 5.99. The molecule has 1 amide bonds. The Morgan fingerprint density at radius 3 is 2.73 bits per heavy atom. The van der Waals surface area contributed by atoms with E-state index in [1.54, 1.807) is 0 Å². The van der Waals surface area contributed by atoms with Gasteiger partial charge >= 0.3 is 0 Å². The zero-order valence-corrected chi connectivity index (χ0v) is 14.7. The maximum Gasteiger partial charge on any atom is 0.247 e. The number of carbonyl (C=O) groups is 1. The Labute approximate surface area is 154 Å². The number of carbonyl (C=O) groups excluding carboxylic acids is 1. The van der Waals surface area contributed by atoms with Crippen molar-refractivity contribution in [2.75, 3.05) is 18.4 Å². The van der Waals surface area contributed by atoms with Crippen molar-refractivity contribution in [2.24, 2.45) is 0 Å². The fraction of sp³-hybridized carbons (Fsp3) is 0.286. The van der Waals surface area contributed by atoms with E-state index in [0.717, 1.165) is 48.7 Å². The van der Waals surface area contributed by atoms with Crippen molar-refractivity contribution < 1.29 is 14.3 Å². The Bertz CT molecular complexity index is 754. The summed E-state index contributed by atoms with van der Waals surface area (Å²) in [4.78, 5) is 11.6.